The van der Waals surface area contributed by atoms with E-state index in [2.05, 4.69) is 20.0 Å². The molecule has 6 heteroatoms. The molecule has 1 aromatic heterocycles. The minimum Gasteiger partial charge on any atom is -0.435 e. The van der Waals surface area contributed by atoms with E-state index >= 15 is 0 Å². The van der Waals surface area contributed by atoms with Crippen LogP contribution in [0.25, 0.3) is 11.4 Å². The minimum absolute atomic E-state index is 0.179. The highest BCUT2D eigenvalue weighted by Gasteiger charge is 2.21. The molecule has 1 aliphatic carbocycles. The largest absolute Gasteiger partial charge is 0.435 e. The van der Waals surface area contributed by atoms with Gasteiger partial charge in [-0.1, -0.05) is 36.4 Å². The van der Waals surface area contributed by atoms with E-state index in [1.165, 1.54) is 0 Å². The fraction of sp³-hybridized carbons (Fsp3) is 0.273. The van der Waals surface area contributed by atoms with Gasteiger partial charge in [0.05, 0.1) is 0 Å². The molecule has 0 saturated heterocycles. The zero-order valence-electron chi connectivity index (χ0n) is 15.3. The Morgan fingerprint density at radius 2 is 1.86 bits per heavy atom. The average molecular weight is 381 g/mol. The Morgan fingerprint density at radius 3 is 2.61 bits per heavy atom. The van der Waals surface area contributed by atoms with Crippen molar-refractivity contribution in [3.63, 3.8) is 0 Å². The van der Waals surface area contributed by atoms with E-state index in [4.69, 9.17) is 0 Å². The van der Waals surface area contributed by atoms with Gasteiger partial charge in [-0.05, 0) is 42.5 Å². The van der Waals surface area contributed by atoms with Crippen LogP contribution in [0.15, 0.2) is 60.9 Å². The van der Waals surface area contributed by atoms with Crippen LogP contribution >= 0.6 is 0 Å². The SMILES string of the molecule is FC(F)Oc1ccc2c(c1)CCC[C@@H]2NCc1cnc(-c2ccccc2)nc1. The third kappa shape index (κ3) is 4.34. The molecule has 4 rings (SSSR count). The molecule has 0 aliphatic heterocycles. The summed E-state index contributed by atoms with van der Waals surface area (Å²) in [5, 5.41) is 3.54. The van der Waals surface area contributed by atoms with Crippen molar-refractivity contribution < 1.29 is 13.5 Å². The number of halogens is 2. The lowest BCUT2D eigenvalue weighted by molar-refractivity contribution is -0.0499. The van der Waals surface area contributed by atoms with Gasteiger partial charge in [0.25, 0.3) is 0 Å². The number of aromatic nitrogens is 2. The van der Waals surface area contributed by atoms with Gasteiger partial charge in [0, 0.05) is 36.1 Å². The smallest absolute Gasteiger partial charge is 0.387 e. The molecule has 0 amide bonds. The molecule has 0 spiro atoms. The quantitative estimate of drug-likeness (QED) is 0.659. The van der Waals surface area contributed by atoms with Gasteiger partial charge in [-0.25, -0.2) is 9.97 Å². The Labute approximate surface area is 162 Å². The second-order valence-corrected chi connectivity index (χ2v) is 6.85. The van der Waals surface area contributed by atoms with Crippen LogP contribution in [-0.2, 0) is 13.0 Å². The van der Waals surface area contributed by atoms with Crippen LogP contribution in [0.5, 0.6) is 5.75 Å². The molecule has 1 heterocycles. The Bertz CT molecular complexity index is 917. The first-order valence-electron chi connectivity index (χ1n) is 9.36. The maximum atomic E-state index is 12.4. The summed E-state index contributed by atoms with van der Waals surface area (Å²) >= 11 is 0. The zero-order chi connectivity index (χ0) is 19.3. The summed E-state index contributed by atoms with van der Waals surface area (Å²) < 4.78 is 29.4. The van der Waals surface area contributed by atoms with Gasteiger partial charge in [-0.2, -0.15) is 8.78 Å². The van der Waals surface area contributed by atoms with Gasteiger partial charge in [-0.3, -0.25) is 0 Å². The highest BCUT2D eigenvalue weighted by molar-refractivity contribution is 5.54. The van der Waals surface area contributed by atoms with Gasteiger partial charge >= 0.3 is 6.61 Å². The molecular weight excluding hydrogens is 360 g/mol. The Balaban J connectivity index is 1.42. The van der Waals surface area contributed by atoms with Gasteiger partial charge in [0.1, 0.15) is 5.75 Å². The van der Waals surface area contributed by atoms with Crippen LogP contribution in [-0.4, -0.2) is 16.6 Å². The first-order valence-corrected chi connectivity index (χ1v) is 9.36. The molecule has 28 heavy (non-hydrogen) atoms. The van der Waals surface area contributed by atoms with Crippen molar-refractivity contribution in [3.8, 4) is 17.1 Å². The van der Waals surface area contributed by atoms with E-state index in [-0.39, 0.29) is 11.8 Å². The van der Waals surface area contributed by atoms with E-state index in [1.807, 2.05) is 48.8 Å². The molecule has 0 unspecified atom stereocenters. The van der Waals surface area contributed by atoms with Crippen molar-refractivity contribution in [1.82, 2.24) is 15.3 Å². The third-order valence-corrected chi connectivity index (χ3v) is 4.94. The lowest BCUT2D eigenvalue weighted by Crippen LogP contribution is -2.25. The number of aryl methyl sites for hydroxylation is 1. The second kappa shape index (κ2) is 8.44. The second-order valence-electron chi connectivity index (χ2n) is 6.85. The summed E-state index contributed by atoms with van der Waals surface area (Å²) in [4.78, 5) is 8.91. The molecule has 1 aliphatic rings. The Kier molecular flexibility index (Phi) is 5.58. The van der Waals surface area contributed by atoms with Crippen molar-refractivity contribution in [3.05, 3.63) is 77.6 Å². The predicted molar refractivity (Wildman–Crippen MR) is 103 cm³/mol. The molecule has 1 atom stereocenters. The lowest BCUT2D eigenvalue weighted by Gasteiger charge is -2.27. The van der Waals surface area contributed by atoms with Crippen LogP contribution in [0.1, 0.15) is 35.6 Å². The number of rotatable bonds is 6. The van der Waals surface area contributed by atoms with Crippen molar-refractivity contribution in [2.24, 2.45) is 0 Å². The number of nitrogens with one attached hydrogen (secondary N) is 1. The highest BCUT2D eigenvalue weighted by Crippen LogP contribution is 2.32. The average Bonchev–Trinajstić information content (AvgIpc) is 2.72. The van der Waals surface area contributed by atoms with Crippen LogP contribution in [0.4, 0.5) is 8.78 Å². The maximum absolute atomic E-state index is 12.4. The number of ether oxygens (including phenoxy) is 1. The van der Waals surface area contributed by atoms with E-state index < -0.39 is 6.61 Å². The summed E-state index contributed by atoms with van der Waals surface area (Å²) in [7, 11) is 0. The van der Waals surface area contributed by atoms with Crippen molar-refractivity contribution in [1.29, 1.82) is 0 Å². The summed E-state index contributed by atoms with van der Waals surface area (Å²) in [5.74, 6) is 0.929. The molecule has 0 saturated carbocycles. The molecule has 4 nitrogen and oxygen atoms in total. The first-order chi connectivity index (χ1) is 13.7. The predicted octanol–water partition coefficient (Wildman–Crippen LogP) is 4.91. The molecule has 3 aromatic rings. The summed E-state index contributed by atoms with van der Waals surface area (Å²) in [6.45, 7) is -2.15. The standard InChI is InChI=1S/C22H21F2N3O/c23-22(24)28-18-9-10-19-17(11-18)7-4-8-20(19)25-12-15-13-26-21(27-14-15)16-5-2-1-3-6-16/h1-3,5-6,9-11,13-14,20,22,25H,4,7-8,12H2/t20-/m0/s1. The maximum Gasteiger partial charge on any atom is 0.387 e. The monoisotopic (exact) mass is 381 g/mol. The van der Waals surface area contributed by atoms with Gasteiger partial charge in [-0.15, -0.1) is 0 Å². The summed E-state index contributed by atoms with van der Waals surface area (Å²) in [5.41, 5.74) is 4.21. The lowest BCUT2D eigenvalue weighted by atomic mass is 9.87. The topological polar surface area (TPSA) is 47.0 Å². The van der Waals surface area contributed by atoms with Gasteiger partial charge < -0.3 is 10.1 Å². The molecule has 0 fully saturated rings. The minimum atomic E-state index is -2.80. The number of benzene rings is 2. The van der Waals surface area contributed by atoms with Crippen molar-refractivity contribution in [2.75, 3.05) is 0 Å². The normalized spacial score (nSPS) is 16.0. The van der Waals surface area contributed by atoms with Gasteiger partial charge in [0.15, 0.2) is 5.82 Å². The highest BCUT2D eigenvalue weighted by atomic mass is 19.3. The number of hydrogen-bond acceptors (Lipinski definition) is 4. The molecule has 0 radical (unpaired) electrons. The van der Waals surface area contributed by atoms with Crippen LogP contribution < -0.4 is 10.1 Å². The van der Waals surface area contributed by atoms with Crippen LogP contribution in [0, 0.1) is 0 Å². The van der Waals surface area contributed by atoms with E-state index in [0.717, 1.165) is 41.5 Å². The molecule has 144 valence electrons. The summed E-state index contributed by atoms with van der Waals surface area (Å²) in [6.07, 6.45) is 6.57. The van der Waals surface area contributed by atoms with E-state index in [9.17, 15) is 8.78 Å². The van der Waals surface area contributed by atoms with Crippen LogP contribution in [0.3, 0.4) is 0 Å². The summed E-state index contributed by atoms with van der Waals surface area (Å²) in [6, 6.07) is 15.3. The number of alkyl halides is 2. The number of nitrogens with zero attached hydrogens (tertiary/aromatic N) is 2. The number of fused-ring (bicyclic) bond motifs is 1. The van der Waals surface area contributed by atoms with E-state index in [0.29, 0.717) is 12.4 Å². The molecule has 2 aromatic carbocycles. The van der Waals surface area contributed by atoms with Gasteiger partial charge in [0.2, 0.25) is 0 Å². The fourth-order valence-corrected chi connectivity index (χ4v) is 3.60. The molecule has 0 bridgehead atoms. The Morgan fingerprint density at radius 1 is 1.07 bits per heavy atom. The first kappa shape index (κ1) is 18.5. The zero-order valence-corrected chi connectivity index (χ0v) is 15.3. The third-order valence-electron chi connectivity index (χ3n) is 4.94. The Hall–Kier alpha value is -2.86. The molecular formula is C22H21F2N3O. The van der Waals surface area contributed by atoms with Crippen molar-refractivity contribution in [2.45, 2.75) is 38.5 Å². The number of hydrogen-bond donors (Lipinski definition) is 1. The molecule has 1 N–H and O–H groups in total. The fourth-order valence-electron chi connectivity index (χ4n) is 3.60. The van der Waals surface area contributed by atoms with Crippen molar-refractivity contribution >= 4 is 0 Å². The van der Waals surface area contributed by atoms with E-state index in [1.54, 1.807) is 12.1 Å². The van der Waals surface area contributed by atoms with Crippen LogP contribution in [0.2, 0.25) is 0 Å².